The summed E-state index contributed by atoms with van der Waals surface area (Å²) in [7, 11) is 1.60. The third kappa shape index (κ3) is 4.77. The molecule has 10 heteroatoms. The molecular formula is C19H20N6O3S. The van der Waals surface area contributed by atoms with Crippen molar-refractivity contribution in [3.8, 4) is 5.75 Å². The Bertz CT molecular complexity index is 955. The summed E-state index contributed by atoms with van der Waals surface area (Å²) in [5, 5.41) is 13.3. The number of nitrogens with one attached hydrogen (secondary N) is 2. The first-order valence-corrected chi connectivity index (χ1v) is 10.2. The first-order chi connectivity index (χ1) is 14.2. The Labute approximate surface area is 171 Å². The van der Waals surface area contributed by atoms with Gasteiger partial charge in [0.05, 0.1) is 19.0 Å². The SMILES string of the molecule is COc1ccc(Nc2nnc(C(=O)Nc3ccc(N4CCSCC4)nc3)o2)cc1. The van der Waals surface area contributed by atoms with Gasteiger partial charge < -0.3 is 24.7 Å². The fourth-order valence-electron chi connectivity index (χ4n) is 2.79. The second-order valence-electron chi connectivity index (χ2n) is 6.22. The molecule has 0 saturated carbocycles. The molecule has 150 valence electrons. The maximum atomic E-state index is 12.4. The molecule has 3 aromatic rings. The number of carbonyl (C=O) groups is 1. The zero-order valence-electron chi connectivity index (χ0n) is 15.8. The zero-order valence-corrected chi connectivity index (χ0v) is 16.6. The van der Waals surface area contributed by atoms with E-state index in [1.165, 1.54) is 0 Å². The molecule has 1 aromatic carbocycles. The summed E-state index contributed by atoms with van der Waals surface area (Å²) in [6, 6.07) is 11.0. The van der Waals surface area contributed by atoms with Gasteiger partial charge in [-0.05, 0) is 36.4 Å². The third-order valence-corrected chi connectivity index (χ3v) is 5.24. The van der Waals surface area contributed by atoms with Gasteiger partial charge in [0.2, 0.25) is 0 Å². The molecule has 0 radical (unpaired) electrons. The Morgan fingerprint density at radius 2 is 1.86 bits per heavy atom. The lowest BCUT2D eigenvalue weighted by atomic mass is 10.3. The lowest BCUT2D eigenvalue weighted by molar-refractivity contribution is 0.0991. The number of carbonyl (C=O) groups excluding carboxylic acids is 1. The van der Waals surface area contributed by atoms with E-state index in [9.17, 15) is 4.79 Å². The number of nitrogens with zero attached hydrogens (tertiary/aromatic N) is 4. The number of hydrogen-bond donors (Lipinski definition) is 2. The Hall–Kier alpha value is -3.27. The van der Waals surface area contributed by atoms with Gasteiger partial charge in [-0.15, -0.1) is 5.10 Å². The summed E-state index contributed by atoms with van der Waals surface area (Å²) in [6.07, 6.45) is 1.63. The highest BCUT2D eigenvalue weighted by Crippen LogP contribution is 2.21. The molecule has 3 heterocycles. The molecule has 0 unspecified atom stereocenters. The molecule has 0 atom stereocenters. The quantitative estimate of drug-likeness (QED) is 0.632. The van der Waals surface area contributed by atoms with E-state index < -0.39 is 5.91 Å². The molecule has 1 amide bonds. The van der Waals surface area contributed by atoms with Crippen molar-refractivity contribution < 1.29 is 13.9 Å². The van der Waals surface area contributed by atoms with Gasteiger partial charge in [-0.25, -0.2) is 4.98 Å². The standard InChI is InChI=1S/C19H20N6O3S/c1-27-15-5-2-13(3-6-15)22-19-24-23-18(28-19)17(26)21-14-4-7-16(20-12-14)25-8-10-29-11-9-25/h2-7,12H,8-11H2,1H3,(H,21,26)(H,22,24). The highest BCUT2D eigenvalue weighted by Gasteiger charge is 2.16. The summed E-state index contributed by atoms with van der Waals surface area (Å²) in [4.78, 5) is 19.0. The van der Waals surface area contributed by atoms with Crippen LogP contribution in [0.25, 0.3) is 0 Å². The lowest BCUT2D eigenvalue weighted by Gasteiger charge is -2.27. The number of pyridine rings is 1. The van der Waals surface area contributed by atoms with Crippen LogP contribution in [0, 0.1) is 0 Å². The van der Waals surface area contributed by atoms with Gasteiger partial charge in [0, 0.05) is 30.3 Å². The summed E-state index contributed by atoms with van der Waals surface area (Å²) < 4.78 is 10.5. The predicted molar refractivity (Wildman–Crippen MR) is 112 cm³/mol. The van der Waals surface area contributed by atoms with E-state index in [2.05, 4.69) is 30.7 Å². The fourth-order valence-corrected chi connectivity index (χ4v) is 3.69. The largest absolute Gasteiger partial charge is 0.497 e. The van der Waals surface area contributed by atoms with Crippen LogP contribution in [-0.4, -0.2) is 52.8 Å². The molecule has 0 spiro atoms. The van der Waals surface area contributed by atoms with Gasteiger partial charge in [0.25, 0.3) is 0 Å². The Balaban J connectivity index is 1.36. The second-order valence-corrected chi connectivity index (χ2v) is 7.45. The molecule has 1 fully saturated rings. The van der Waals surface area contributed by atoms with Crippen LogP contribution < -0.4 is 20.3 Å². The van der Waals surface area contributed by atoms with Crippen molar-refractivity contribution in [1.82, 2.24) is 15.2 Å². The van der Waals surface area contributed by atoms with Gasteiger partial charge in [-0.3, -0.25) is 4.79 Å². The number of methoxy groups -OCH3 is 1. The van der Waals surface area contributed by atoms with Crippen molar-refractivity contribution >= 4 is 40.9 Å². The maximum absolute atomic E-state index is 12.4. The van der Waals surface area contributed by atoms with E-state index >= 15 is 0 Å². The molecule has 9 nitrogen and oxygen atoms in total. The number of amides is 1. The van der Waals surface area contributed by atoms with Crippen molar-refractivity contribution in [3.05, 3.63) is 48.5 Å². The minimum atomic E-state index is -0.496. The molecule has 2 aromatic heterocycles. The summed E-state index contributed by atoms with van der Waals surface area (Å²) >= 11 is 1.95. The van der Waals surface area contributed by atoms with Gasteiger partial charge in [0.15, 0.2) is 0 Å². The summed E-state index contributed by atoms with van der Waals surface area (Å²) in [5.74, 6) is 3.21. The van der Waals surface area contributed by atoms with Crippen LogP contribution >= 0.6 is 11.8 Å². The van der Waals surface area contributed by atoms with Crippen molar-refractivity contribution in [2.24, 2.45) is 0 Å². The average Bonchev–Trinajstić information content (AvgIpc) is 3.24. The number of benzene rings is 1. The van der Waals surface area contributed by atoms with E-state index in [1.54, 1.807) is 37.6 Å². The molecule has 29 heavy (non-hydrogen) atoms. The van der Waals surface area contributed by atoms with Crippen LogP contribution in [-0.2, 0) is 0 Å². The monoisotopic (exact) mass is 412 g/mol. The summed E-state index contributed by atoms with van der Waals surface area (Å²) in [5.41, 5.74) is 1.30. The van der Waals surface area contributed by atoms with Gasteiger partial charge in [-0.2, -0.15) is 11.8 Å². The predicted octanol–water partition coefficient (Wildman–Crippen LogP) is 3.02. The average molecular weight is 412 g/mol. The Morgan fingerprint density at radius 1 is 1.10 bits per heavy atom. The van der Waals surface area contributed by atoms with E-state index in [-0.39, 0.29) is 11.9 Å². The molecule has 1 aliphatic heterocycles. The summed E-state index contributed by atoms with van der Waals surface area (Å²) in [6.45, 7) is 1.96. The molecule has 1 saturated heterocycles. The lowest BCUT2D eigenvalue weighted by Crippen LogP contribution is -2.33. The normalized spacial score (nSPS) is 13.8. The van der Waals surface area contributed by atoms with Gasteiger partial charge in [-0.1, -0.05) is 5.10 Å². The maximum Gasteiger partial charge on any atom is 0.320 e. The Kier molecular flexibility index (Phi) is 5.80. The van der Waals surface area contributed by atoms with Crippen molar-refractivity contribution in [2.45, 2.75) is 0 Å². The van der Waals surface area contributed by atoms with Crippen molar-refractivity contribution in [2.75, 3.05) is 47.2 Å². The number of hydrogen-bond acceptors (Lipinski definition) is 9. The third-order valence-electron chi connectivity index (χ3n) is 4.30. The topological polar surface area (TPSA) is 105 Å². The molecule has 4 rings (SSSR count). The first kappa shape index (κ1) is 19.1. The Morgan fingerprint density at radius 3 is 2.55 bits per heavy atom. The van der Waals surface area contributed by atoms with Crippen molar-refractivity contribution in [3.63, 3.8) is 0 Å². The number of rotatable bonds is 6. The molecule has 0 bridgehead atoms. The van der Waals surface area contributed by atoms with Crippen LogP contribution in [0.4, 0.5) is 23.2 Å². The molecule has 1 aliphatic rings. The van der Waals surface area contributed by atoms with Crippen molar-refractivity contribution in [1.29, 1.82) is 0 Å². The number of aromatic nitrogens is 3. The second kappa shape index (κ2) is 8.82. The van der Waals surface area contributed by atoms with Crippen LogP contribution in [0.1, 0.15) is 10.7 Å². The minimum Gasteiger partial charge on any atom is -0.497 e. The number of thioether (sulfide) groups is 1. The molecule has 0 aliphatic carbocycles. The highest BCUT2D eigenvalue weighted by molar-refractivity contribution is 7.99. The minimum absolute atomic E-state index is 0.122. The van der Waals surface area contributed by atoms with E-state index in [0.29, 0.717) is 5.69 Å². The highest BCUT2D eigenvalue weighted by atomic mass is 32.2. The number of anilines is 4. The van der Waals surface area contributed by atoms with Crippen LogP contribution in [0.3, 0.4) is 0 Å². The van der Waals surface area contributed by atoms with Gasteiger partial charge >= 0.3 is 17.8 Å². The van der Waals surface area contributed by atoms with Crippen LogP contribution in [0.2, 0.25) is 0 Å². The smallest absolute Gasteiger partial charge is 0.320 e. The molecule has 2 N–H and O–H groups in total. The van der Waals surface area contributed by atoms with E-state index in [0.717, 1.165) is 41.8 Å². The molecular weight excluding hydrogens is 392 g/mol. The van der Waals surface area contributed by atoms with Crippen LogP contribution in [0.15, 0.2) is 47.0 Å². The van der Waals surface area contributed by atoms with E-state index in [4.69, 9.17) is 9.15 Å². The van der Waals surface area contributed by atoms with E-state index in [1.807, 2.05) is 23.9 Å². The number of ether oxygens (including phenoxy) is 1. The van der Waals surface area contributed by atoms with Gasteiger partial charge in [0.1, 0.15) is 11.6 Å². The van der Waals surface area contributed by atoms with Crippen LogP contribution in [0.5, 0.6) is 5.75 Å². The zero-order chi connectivity index (χ0) is 20.1. The first-order valence-electron chi connectivity index (χ1n) is 9.06. The fraction of sp³-hybridized carbons (Fsp3) is 0.263.